The Morgan fingerprint density at radius 3 is 2.47 bits per heavy atom. The first-order chi connectivity index (χ1) is 8.26. The van der Waals surface area contributed by atoms with Crippen LogP contribution in [0.2, 0.25) is 0 Å². The van der Waals surface area contributed by atoms with Gasteiger partial charge in [0.1, 0.15) is 0 Å². The maximum Gasteiger partial charge on any atom is 0.234 e. The van der Waals surface area contributed by atoms with Crippen molar-refractivity contribution in [3.8, 4) is 0 Å². The summed E-state index contributed by atoms with van der Waals surface area (Å²) in [4.78, 5) is 16.2. The van der Waals surface area contributed by atoms with E-state index in [2.05, 4.69) is 22.0 Å². The number of hydrogen-bond donors (Lipinski definition) is 2. The van der Waals surface area contributed by atoms with E-state index in [0.29, 0.717) is 6.54 Å². The standard InChI is InChI=1S/C12H26N4O/c1-2-5-14-12(17)11-16-9-7-15(8-10-16)6-3-4-13/h2-11,13H2,1H3,(H,14,17). The van der Waals surface area contributed by atoms with Crippen molar-refractivity contribution in [3.05, 3.63) is 0 Å². The summed E-state index contributed by atoms with van der Waals surface area (Å²) in [6.07, 6.45) is 2.07. The summed E-state index contributed by atoms with van der Waals surface area (Å²) in [6.45, 7) is 9.35. The van der Waals surface area contributed by atoms with Crippen LogP contribution in [-0.2, 0) is 4.79 Å². The first-order valence-corrected chi connectivity index (χ1v) is 6.67. The number of carbonyl (C=O) groups is 1. The van der Waals surface area contributed by atoms with Crippen molar-refractivity contribution in [3.63, 3.8) is 0 Å². The van der Waals surface area contributed by atoms with Crippen molar-refractivity contribution in [2.75, 3.05) is 52.4 Å². The van der Waals surface area contributed by atoms with Crippen LogP contribution in [0.4, 0.5) is 0 Å². The largest absolute Gasteiger partial charge is 0.355 e. The molecule has 0 atom stereocenters. The molecule has 0 bridgehead atoms. The van der Waals surface area contributed by atoms with Gasteiger partial charge in [-0.1, -0.05) is 6.92 Å². The lowest BCUT2D eigenvalue weighted by Gasteiger charge is -2.34. The van der Waals surface area contributed by atoms with E-state index in [1.54, 1.807) is 0 Å². The average Bonchev–Trinajstić information content (AvgIpc) is 2.35. The molecule has 1 saturated heterocycles. The Morgan fingerprint density at radius 1 is 1.24 bits per heavy atom. The molecule has 0 aromatic heterocycles. The lowest BCUT2D eigenvalue weighted by atomic mass is 10.3. The molecule has 1 aliphatic heterocycles. The monoisotopic (exact) mass is 242 g/mol. The minimum absolute atomic E-state index is 0.155. The van der Waals surface area contributed by atoms with Gasteiger partial charge in [0.05, 0.1) is 6.54 Å². The van der Waals surface area contributed by atoms with Gasteiger partial charge < -0.3 is 16.0 Å². The fourth-order valence-corrected chi connectivity index (χ4v) is 2.01. The molecule has 3 N–H and O–H groups in total. The lowest BCUT2D eigenvalue weighted by molar-refractivity contribution is -0.122. The molecule has 0 radical (unpaired) electrons. The van der Waals surface area contributed by atoms with E-state index in [9.17, 15) is 4.79 Å². The Balaban J connectivity index is 2.12. The average molecular weight is 242 g/mol. The summed E-state index contributed by atoms with van der Waals surface area (Å²) in [5.74, 6) is 0.155. The SMILES string of the molecule is CCCNC(=O)CN1CCN(CCCN)CC1. The quantitative estimate of drug-likeness (QED) is 0.630. The number of rotatable bonds is 7. The van der Waals surface area contributed by atoms with E-state index in [-0.39, 0.29) is 5.91 Å². The van der Waals surface area contributed by atoms with E-state index in [4.69, 9.17) is 5.73 Å². The van der Waals surface area contributed by atoms with Crippen LogP contribution in [0.5, 0.6) is 0 Å². The molecule has 1 rings (SSSR count). The number of hydrogen-bond acceptors (Lipinski definition) is 4. The predicted octanol–water partition coefficient (Wildman–Crippen LogP) is -0.521. The van der Waals surface area contributed by atoms with Gasteiger partial charge in [0.25, 0.3) is 0 Å². The van der Waals surface area contributed by atoms with Gasteiger partial charge in [0.15, 0.2) is 0 Å². The van der Waals surface area contributed by atoms with Crippen LogP contribution in [0, 0.1) is 0 Å². The minimum Gasteiger partial charge on any atom is -0.355 e. The molecule has 0 spiro atoms. The van der Waals surface area contributed by atoms with E-state index >= 15 is 0 Å². The van der Waals surface area contributed by atoms with E-state index in [1.807, 2.05) is 0 Å². The molecule has 1 aliphatic rings. The number of nitrogens with zero attached hydrogens (tertiary/aromatic N) is 2. The van der Waals surface area contributed by atoms with Crippen molar-refractivity contribution in [2.24, 2.45) is 5.73 Å². The topological polar surface area (TPSA) is 61.6 Å². The Hall–Kier alpha value is -0.650. The van der Waals surface area contributed by atoms with Gasteiger partial charge in [-0.25, -0.2) is 0 Å². The van der Waals surface area contributed by atoms with Gasteiger partial charge in [-0.2, -0.15) is 0 Å². The fourth-order valence-electron chi connectivity index (χ4n) is 2.01. The second kappa shape index (κ2) is 8.44. The number of piperazine rings is 1. The summed E-state index contributed by atoms with van der Waals surface area (Å²) in [7, 11) is 0. The molecule has 0 unspecified atom stereocenters. The molecule has 0 aromatic rings. The lowest BCUT2D eigenvalue weighted by Crippen LogP contribution is -2.49. The van der Waals surface area contributed by atoms with Crippen LogP contribution in [-0.4, -0.2) is 68.1 Å². The highest BCUT2D eigenvalue weighted by atomic mass is 16.2. The molecule has 5 nitrogen and oxygen atoms in total. The number of nitrogens with two attached hydrogens (primary N) is 1. The molecule has 1 heterocycles. The van der Waals surface area contributed by atoms with Crippen molar-refractivity contribution < 1.29 is 4.79 Å². The second-order valence-corrected chi connectivity index (χ2v) is 4.61. The van der Waals surface area contributed by atoms with Gasteiger partial charge >= 0.3 is 0 Å². The zero-order valence-corrected chi connectivity index (χ0v) is 11.0. The van der Waals surface area contributed by atoms with Crippen LogP contribution < -0.4 is 11.1 Å². The first-order valence-electron chi connectivity index (χ1n) is 6.67. The summed E-state index contributed by atoms with van der Waals surface area (Å²) in [5, 5.41) is 2.91. The van der Waals surface area contributed by atoms with E-state index < -0.39 is 0 Å². The predicted molar refractivity (Wildman–Crippen MR) is 69.9 cm³/mol. The fraction of sp³-hybridized carbons (Fsp3) is 0.917. The highest BCUT2D eigenvalue weighted by Gasteiger charge is 2.17. The molecular formula is C12H26N4O. The van der Waals surface area contributed by atoms with Crippen LogP contribution in [0.1, 0.15) is 19.8 Å². The maximum absolute atomic E-state index is 11.5. The van der Waals surface area contributed by atoms with Crippen molar-refractivity contribution in [1.29, 1.82) is 0 Å². The Bertz CT molecular complexity index is 215. The minimum atomic E-state index is 0.155. The summed E-state index contributed by atoms with van der Waals surface area (Å²) < 4.78 is 0. The molecular weight excluding hydrogens is 216 g/mol. The molecule has 0 aromatic carbocycles. The smallest absolute Gasteiger partial charge is 0.234 e. The second-order valence-electron chi connectivity index (χ2n) is 4.61. The van der Waals surface area contributed by atoms with E-state index in [1.165, 1.54) is 0 Å². The molecule has 5 heteroatoms. The van der Waals surface area contributed by atoms with Gasteiger partial charge in [-0.15, -0.1) is 0 Å². The first kappa shape index (κ1) is 14.4. The van der Waals surface area contributed by atoms with Gasteiger partial charge in [-0.05, 0) is 25.9 Å². The van der Waals surface area contributed by atoms with Crippen LogP contribution in [0.3, 0.4) is 0 Å². The molecule has 1 amide bonds. The third-order valence-corrected chi connectivity index (χ3v) is 3.08. The van der Waals surface area contributed by atoms with E-state index in [0.717, 1.165) is 58.7 Å². The van der Waals surface area contributed by atoms with Crippen molar-refractivity contribution in [1.82, 2.24) is 15.1 Å². The number of amides is 1. The molecule has 0 saturated carbocycles. The Labute approximate surface area is 104 Å². The van der Waals surface area contributed by atoms with Crippen LogP contribution in [0.15, 0.2) is 0 Å². The third-order valence-electron chi connectivity index (χ3n) is 3.08. The normalized spacial score (nSPS) is 18.2. The molecule has 17 heavy (non-hydrogen) atoms. The molecule has 1 fully saturated rings. The van der Waals surface area contributed by atoms with Crippen LogP contribution in [0.25, 0.3) is 0 Å². The highest BCUT2D eigenvalue weighted by Crippen LogP contribution is 2.01. The highest BCUT2D eigenvalue weighted by molar-refractivity contribution is 5.77. The summed E-state index contributed by atoms with van der Waals surface area (Å²) >= 11 is 0. The number of carbonyl (C=O) groups excluding carboxylic acids is 1. The Morgan fingerprint density at radius 2 is 1.88 bits per heavy atom. The zero-order chi connectivity index (χ0) is 12.5. The number of nitrogens with one attached hydrogen (secondary N) is 1. The van der Waals surface area contributed by atoms with Crippen molar-refractivity contribution >= 4 is 5.91 Å². The summed E-state index contributed by atoms with van der Waals surface area (Å²) in [6, 6.07) is 0. The molecule has 0 aliphatic carbocycles. The van der Waals surface area contributed by atoms with Gasteiger partial charge in [0, 0.05) is 32.7 Å². The van der Waals surface area contributed by atoms with Gasteiger partial charge in [0.2, 0.25) is 5.91 Å². The maximum atomic E-state index is 11.5. The third kappa shape index (κ3) is 6.00. The Kier molecular flexibility index (Phi) is 7.16. The zero-order valence-electron chi connectivity index (χ0n) is 11.0. The summed E-state index contributed by atoms with van der Waals surface area (Å²) in [5.41, 5.74) is 5.50. The molecule has 100 valence electrons. The van der Waals surface area contributed by atoms with Crippen molar-refractivity contribution in [2.45, 2.75) is 19.8 Å². The van der Waals surface area contributed by atoms with Crippen LogP contribution >= 0.6 is 0 Å². The van der Waals surface area contributed by atoms with Gasteiger partial charge in [-0.3, -0.25) is 9.69 Å².